The van der Waals surface area contributed by atoms with Crippen molar-refractivity contribution in [3.05, 3.63) is 51.2 Å². The highest BCUT2D eigenvalue weighted by Crippen LogP contribution is 2.47. The molecule has 1 aliphatic rings. The molecule has 2 heterocycles. The number of thiophene rings is 1. The van der Waals surface area contributed by atoms with Crippen LogP contribution in [0, 0.1) is 0 Å². The molecule has 10 heteroatoms. The smallest absolute Gasteiger partial charge is 0.416 e. The lowest BCUT2D eigenvalue weighted by molar-refractivity contribution is -0.144. The van der Waals surface area contributed by atoms with E-state index in [-0.39, 0.29) is 11.6 Å². The summed E-state index contributed by atoms with van der Waals surface area (Å²) in [6.07, 6.45) is -9.88. The fourth-order valence-electron chi connectivity index (χ4n) is 3.37. The van der Waals surface area contributed by atoms with E-state index in [4.69, 9.17) is 4.74 Å². The number of hydrogen-bond donors (Lipinski definition) is 1. The van der Waals surface area contributed by atoms with Crippen LogP contribution in [0.2, 0.25) is 0 Å². The van der Waals surface area contributed by atoms with Gasteiger partial charge in [-0.3, -0.25) is 4.90 Å². The second-order valence-corrected chi connectivity index (χ2v) is 7.32. The predicted octanol–water partition coefficient (Wildman–Crippen LogP) is 4.79. The van der Waals surface area contributed by atoms with Gasteiger partial charge in [-0.25, -0.2) is 0 Å². The van der Waals surface area contributed by atoms with E-state index in [9.17, 15) is 26.3 Å². The zero-order valence-electron chi connectivity index (χ0n) is 14.8. The van der Waals surface area contributed by atoms with Gasteiger partial charge in [-0.2, -0.15) is 26.3 Å². The van der Waals surface area contributed by atoms with E-state index in [0.717, 1.165) is 7.11 Å². The third-order valence-electron chi connectivity index (χ3n) is 4.60. The van der Waals surface area contributed by atoms with Crippen molar-refractivity contribution < 1.29 is 31.1 Å². The van der Waals surface area contributed by atoms with Gasteiger partial charge < -0.3 is 10.1 Å². The molecule has 1 N–H and O–H groups in total. The normalized spacial score (nSPS) is 17.5. The van der Waals surface area contributed by atoms with Crippen LogP contribution < -0.4 is 10.1 Å². The average Bonchev–Trinajstić information content (AvgIpc) is 3.15. The number of rotatable bonds is 4. The number of methoxy groups -OCH3 is 1. The van der Waals surface area contributed by atoms with Gasteiger partial charge in [0, 0.05) is 36.6 Å². The lowest BCUT2D eigenvalue weighted by Crippen LogP contribution is -2.45. The van der Waals surface area contributed by atoms with Crippen molar-refractivity contribution in [1.29, 1.82) is 0 Å². The Morgan fingerprint density at radius 1 is 1.07 bits per heavy atom. The minimum Gasteiger partial charge on any atom is -0.496 e. The molecule has 1 aliphatic heterocycles. The molecule has 3 nitrogen and oxygen atoms in total. The second kappa shape index (κ2) is 7.92. The van der Waals surface area contributed by atoms with Crippen LogP contribution in [0.5, 0.6) is 5.75 Å². The lowest BCUT2D eigenvalue weighted by Gasteiger charge is -2.36. The van der Waals surface area contributed by atoms with Gasteiger partial charge in [0.15, 0.2) is 0 Å². The molecule has 1 aromatic heterocycles. The summed E-state index contributed by atoms with van der Waals surface area (Å²) < 4.78 is 86.2. The van der Waals surface area contributed by atoms with Crippen LogP contribution in [0.15, 0.2) is 29.6 Å². The van der Waals surface area contributed by atoms with Gasteiger partial charge in [0.25, 0.3) is 0 Å². The highest BCUT2D eigenvalue weighted by atomic mass is 32.1. The van der Waals surface area contributed by atoms with Crippen LogP contribution in [-0.4, -0.2) is 38.2 Å². The van der Waals surface area contributed by atoms with Crippen LogP contribution in [0.4, 0.5) is 26.3 Å². The second-order valence-electron chi connectivity index (χ2n) is 6.34. The molecule has 1 atom stereocenters. The molecule has 1 aromatic carbocycles. The fraction of sp³-hybridized carbons (Fsp3) is 0.444. The van der Waals surface area contributed by atoms with E-state index in [1.165, 1.54) is 11.3 Å². The maximum absolute atomic E-state index is 13.9. The molecule has 1 saturated heterocycles. The van der Waals surface area contributed by atoms with Gasteiger partial charge in [0.1, 0.15) is 5.75 Å². The molecule has 0 aliphatic carbocycles. The van der Waals surface area contributed by atoms with Gasteiger partial charge in [-0.15, -0.1) is 11.3 Å². The average molecular weight is 424 g/mol. The van der Waals surface area contributed by atoms with Crippen LogP contribution in [0.1, 0.15) is 27.6 Å². The van der Waals surface area contributed by atoms with Crippen LogP contribution in [-0.2, 0) is 12.4 Å². The molecule has 154 valence electrons. The summed E-state index contributed by atoms with van der Waals surface area (Å²) in [4.78, 5) is 2.45. The third kappa shape index (κ3) is 4.28. The Bertz CT molecular complexity index is 798. The number of nitrogens with one attached hydrogen (secondary N) is 1. The van der Waals surface area contributed by atoms with Crippen molar-refractivity contribution in [3.8, 4) is 5.75 Å². The molecule has 0 spiro atoms. The van der Waals surface area contributed by atoms with Gasteiger partial charge in [-0.05, 0) is 23.6 Å². The van der Waals surface area contributed by atoms with Crippen LogP contribution in [0.25, 0.3) is 0 Å². The van der Waals surface area contributed by atoms with Crippen molar-refractivity contribution in [2.45, 2.75) is 18.4 Å². The van der Waals surface area contributed by atoms with Gasteiger partial charge >= 0.3 is 12.4 Å². The molecular formula is C18H18F6N2OS. The summed E-state index contributed by atoms with van der Waals surface area (Å²) in [7, 11) is 1.09. The Morgan fingerprint density at radius 2 is 1.75 bits per heavy atom. The minimum atomic E-state index is -4.96. The molecule has 0 saturated carbocycles. The first kappa shape index (κ1) is 20.9. The van der Waals surface area contributed by atoms with Crippen molar-refractivity contribution in [2.75, 3.05) is 33.3 Å². The summed E-state index contributed by atoms with van der Waals surface area (Å²) in [5.41, 5.74) is -2.99. The number of benzene rings is 1. The number of halogens is 6. The summed E-state index contributed by atoms with van der Waals surface area (Å²) in [6, 6.07) is 3.37. The molecule has 0 radical (unpaired) electrons. The Labute approximate surface area is 161 Å². The molecule has 0 unspecified atom stereocenters. The zero-order chi connectivity index (χ0) is 20.5. The Kier molecular flexibility index (Phi) is 5.92. The Hall–Kier alpha value is -1.78. The topological polar surface area (TPSA) is 24.5 Å². The van der Waals surface area contributed by atoms with E-state index in [1.54, 1.807) is 17.5 Å². The van der Waals surface area contributed by atoms with E-state index in [0.29, 0.717) is 37.1 Å². The molecule has 2 aromatic rings. The van der Waals surface area contributed by atoms with E-state index >= 15 is 0 Å². The molecular weight excluding hydrogens is 406 g/mol. The first-order chi connectivity index (χ1) is 13.1. The standard InChI is InChI=1S/C18H18F6N2OS/c1-27-13-10-11(17(19,20)21)9-12(18(22,23)24)15(13)16(14-3-2-8-28-14)26-6-4-25-5-7-26/h2-3,8-10,16,25H,4-7H2,1H3/t16-/m0/s1. The molecule has 3 rings (SSSR count). The number of alkyl halides is 6. The van der Waals surface area contributed by atoms with Gasteiger partial charge in [0.05, 0.1) is 24.3 Å². The van der Waals surface area contributed by atoms with Gasteiger partial charge in [0.2, 0.25) is 0 Å². The largest absolute Gasteiger partial charge is 0.496 e. The molecule has 0 amide bonds. The lowest BCUT2D eigenvalue weighted by atomic mass is 9.93. The monoisotopic (exact) mass is 424 g/mol. The first-order valence-corrected chi connectivity index (χ1v) is 9.35. The first-order valence-electron chi connectivity index (χ1n) is 8.47. The molecule has 28 heavy (non-hydrogen) atoms. The van der Waals surface area contributed by atoms with E-state index in [1.807, 2.05) is 4.90 Å². The van der Waals surface area contributed by atoms with Crippen molar-refractivity contribution in [2.24, 2.45) is 0 Å². The van der Waals surface area contributed by atoms with Crippen molar-refractivity contribution in [3.63, 3.8) is 0 Å². The number of hydrogen-bond acceptors (Lipinski definition) is 4. The van der Waals surface area contributed by atoms with Crippen LogP contribution in [0.3, 0.4) is 0 Å². The van der Waals surface area contributed by atoms with E-state index < -0.39 is 35.3 Å². The zero-order valence-corrected chi connectivity index (χ0v) is 15.6. The maximum Gasteiger partial charge on any atom is 0.416 e. The molecule has 1 fully saturated rings. The summed E-state index contributed by atoms with van der Waals surface area (Å²) >= 11 is 1.26. The third-order valence-corrected chi connectivity index (χ3v) is 5.52. The number of piperazine rings is 1. The summed E-state index contributed by atoms with van der Waals surface area (Å²) in [6.45, 7) is 2.08. The highest BCUT2D eigenvalue weighted by Gasteiger charge is 2.43. The SMILES string of the molecule is COc1cc(C(F)(F)F)cc(C(F)(F)F)c1[C@H](c1cccs1)N1CCNCC1. The Morgan fingerprint density at radius 3 is 2.25 bits per heavy atom. The minimum absolute atomic E-state index is 0.181. The van der Waals surface area contributed by atoms with Crippen LogP contribution >= 0.6 is 11.3 Å². The highest BCUT2D eigenvalue weighted by molar-refractivity contribution is 7.10. The van der Waals surface area contributed by atoms with Crippen molar-refractivity contribution >= 4 is 11.3 Å². The summed E-state index contributed by atoms with van der Waals surface area (Å²) in [5.74, 6) is -0.418. The predicted molar refractivity (Wildman–Crippen MR) is 93.6 cm³/mol. The maximum atomic E-state index is 13.9. The quantitative estimate of drug-likeness (QED) is 0.715. The molecule has 0 bridgehead atoms. The fourth-order valence-corrected chi connectivity index (χ4v) is 4.23. The summed E-state index contributed by atoms with van der Waals surface area (Å²) in [5, 5.41) is 4.86. The van der Waals surface area contributed by atoms with E-state index in [2.05, 4.69) is 5.32 Å². The Balaban J connectivity index is 2.26. The number of nitrogens with zero attached hydrogens (tertiary/aromatic N) is 1. The van der Waals surface area contributed by atoms with Gasteiger partial charge in [-0.1, -0.05) is 6.07 Å². The van der Waals surface area contributed by atoms with Crippen molar-refractivity contribution in [1.82, 2.24) is 10.2 Å². The number of ether oxygens (including phenoxy) is 1.